The molecule has 1 aromatic heterocycles. The third-order valence-electron chi connectivity index (χ3n) is 3.08. The number of nitro groups is 1. The van der Waals surface area contributed by atoms with E-state index in [1.54, 1.807) is 0 Å². The molecule has 0 saturated heterocycles. The van der Waals surface area contributed by atoms with Crippen molar-refractivity contribution in [1.82, 2.24) is 14.8 Å². The molecule has 9 heteroatoms. The molecular weight excluding hydrogens is 354 g/mol. The molecule has 116 valence electrons. The van der Waals surface area contributed by atoms with Crippen molar-refractivity contribution in [3.8, 4) is 0 Å². The zero-order chi connectivity index (χ0) is 16.3. The summed E-state index contributed by atoms with van der Waals surface area (Å²) in [4.78, 5) is 25.7. The first-order valence-electron chi connectivity index (χ1n) is 6.55. The summed E-state index contributed by atoms with van der Waals surface area (Å²) >= 11 is 3.05. The van der Waals surface area contributed by atoms with Crippen molar-refractivity contribution < 1.29 is 9.72 Å². The molecule has 0 spiro atoms. The fraction of sp³-hybridized carbons (Fsp3) is 0.308. The Morgan fingerprint density at radius 2 is 2.23 bits per heavy atom. The van der Waals surface area contributed by atoms with Gasteiger partial charge in [-0.1, -0.05) is 25.1 Å². The van der Waals surface area contributed by atoms with Gasteiger partial charge in [-0.25, -0.2) is 0 Å². The third kappa shape index (κ3) is 3.48. The monoisotopic (exact) mass is 367 g/mol. The molecule has 0 saturated carbocycles. The normalized spacial score (nSPS) is 10.5. The Hall–Kier alpha value is -2.29. The summed E-state index contributed by atoms with van der Waals surface area (Å²) in [5, 5.41) is 17.1. The molecule has 0 aliphatic rings. The molecule has 0 fully saturated rings. The highest BCUT2D eigenvalue weighted by molar-refractivity contribution is 9.10. The second-order valence-electron chi connectivity index (χ2n) is 4.61. The van der Waals surface area contributed by atoms with E-state index in [1.807, 2.05) is 32.0 Å². The largest absolute Gasteiger partial charge is 0.492 e. The first-order chi connectivity index (χ1) is 10.4. The smallest absolute Gasteiger partial charge is 0.390 e. The molecule has 2 rings (SSSR count). The average molecular weight is 368 g/mol. The average Bonchev–Trinajstić information content (AvgIpc) is 2.82. The first kappa shape index (κ1) is 16.1. The van der Waals surface area contributed by atoms with Crippen LogP contribution in [0.2, 0.25) is 0 Å². The van der Waals surface area contributed by atoms with E-state index in [9.17, 15) is 14.9 Å². The molecule has 0 bridgehead atoms. The highest BCUT2D eigenvalue weighted by atomic mass is 79.9. The number of hydrogen-bond acceptors (Lipinski definition) is 5. The quantitative estimate of drug-likeness (QED) is 0.645. The summed E-state index contributed by atoms with van der Waals surface area (Å²) in [5.74, 6) is -0.880. The van der Waals surface area contributed by atoms with E-state index in [-0.39, 0.29) is 17.2 Å². The summed E-state index contributed by atoms with van der Waals surface area (Å²) < 4.78 is 1.27. The molecule has 0 aliphatic heterocycles. The minimum atomic E-state index is -0.713. The molecule has 0 atom stereocenters. The van der Waals surface area contributed by atoms with Crippen LogP contribution in [-0.4, -0.2) is 25.6 Å². The van der Waals surface area contributed by atoms with Gasteiger partial charge in [-0.05, 0) is 34.4 Å². The van der Waals surface area contributed by atoms with Gasteiger partial charge in [0.2, 0.25) is 5.91 Å². The number of rotatable bonds is 5. The SMILES string of the molecule is CCc1cccc(C)c1NC(=O)Cn1nc([N+](=O)[O-])nc1Br. The number of aryl methyl sites for hydroxylation is 2. The summed E-state index contributed by atoms with van der Waals surface area (Å²) in [7, 11) is 0. The lowest BCUT2D eigenvalue weighted by Gasteiger charge is -2.12. The molecule has 2 aromatic rings. The van der Waals surface area contributed by atoms with Crippen LogP contribution >= 0.6 is 15.9 Å². The Bertz CT molecular complexity index is 728. The van der Waals surface area contributed by atoms with Crippen LogP contribution in [0.5, 0.6) is 0 Å². The zero-order valence-electron chi connectivity index (χ0n) is 12.0. The fourth-order valence-electron chi connectivity index (χ4n) is 2.01. The van der Waals surface area contributed by atoms with Crippen molar-refractivity contribution in [2.75, 3.05) is 5.32 Å². The molecule has 1 aromatic carbocycles. The van der Waals surface area contributed by atoms with Crippen LogP contribution in [0.4, 0.5) is 11.6 Å². The molecule has 0 unspecified atom stereocenters. The maximum Gasteiger partial charge on any atom is 0.492 e. The van der Waals surface area contributed by atoms with Gasteiger partial charge in [0.25, 0.3) is 4.73 Å². The van der Waals surface area contributed by atoms with Gasteiger partial charge in [0.05, 0.1) is 0 Å². The van der Waals surface area contributed by atoms with Crippen molar-refractivity contribution >= 4 is 33.5 Å². The number of anilines is 1. The second-order valence-corrected chi connectivity index (χ2v) is 5.32. The van der Waals surface area contributed by atoms with Gasteiger partial charge >= 0.3 is 5.95 Å². The number of nitrogens with one attached hydrogen (secondary N) is 1. The molecule has 22 heavy (non-hydrogen) atoms. The number of benzene rings is 1. The molecular formula is C13H14BrN5O3. The van der Waals surface area contributed by atoms with E-state index in [1.165, 1.54) is 0 Å². The molecule has 8 nitrogen and oxygen atoms in total. The number of para-hydroxylation sites is 1. The van der Waals surface area contributed by atoms with E-state index in [2.05, 4.69) is 31.3 Å². The lowest BCUT2D eigenvalue weighted by Crippen LogP contribution is -2.21. The zero-order valence-corrected chi connectivity index (χ0v) is 13.6. The van der Waals surface area contributed by atoms with Crippen LogP contribution in [0.25, 0.3) is 0 Å². The van der Waals surface area contributed by atoms with Crippen LogP contribution in [-0.2, 0) is 17.8 Å². The van der Waals surface area contributed by atoms with E-state index < -0.39 is 10.9 Å². The Balaban J connectivity index is 2.16. The third-order valence-corrected chi connectivity index (χ3v) is 3.66. The maximum absolute atomic E-state index is 12.1. The number of carbonyl (C=O) groups excluding carboxylic acids is 1. The predicted octanol–water partition coefficient (Wildman–Crippen LogP) is 2.46. The lowest BCUT2D eigenvalue weighted by atomic mass is 10.1. The van der Waals surface area contributed by atoms with Gasteiger partial charge in [0, 0.05) is 26.7 Å². The minimum Gasteiger partial charge on any atom is -0.390 e. The second kappa shape index (κ2) is 6.65. The predicted molar refractivity (Wildman–Crippen MR) is 83.6 cm³/mol. The van der Waals surface area contributed by atoms with Crippen molar-refractivity contribution in [1.29, 1.82) is 0 Å². The van der Waals surface area contributed by atoms with E-state index in [0.29, 0.717) is 0 Å². The number of carbonyl (C=O) groups is 1. The standard InChI is InChI=1S/C13H14BrN5O3/c1-3-9-6-4-5-8(2)11(9)15-10(20)7-18-12(14)16-13(17-18)19(21)22/h4-6H,3,7H2,1-2H3,(H,15,20). The number of hydrogen-bond donors (Lipinski definition) is 1. The van der Waals surface area contributed by atoms with Crippen molar-refractivity contribution in [2.24, 2.45) is 0 Å². The molecule has 1 N–H and O–H groups in total. The van der Waals surface area contributed by atoms with Crippen LogP contribution in [0.15, 0.2) is 22.9 Å². The Kier molecular flexibility index (Phi) is 4.86. The summed E-state index contributed by atoms with van der Waals surface area (Å²) in [6, 6.07) is 5.78. The molecule has 1 heterocycles. The molecule has 0 radical (unpaired) electrons. The Morgan fingerprint density at radius 1 is 1.50 bits per heavy atom. The van der Waals surface area contributed by atoms with Crippen LogP contribution in [0.3, 0.4) is 0 Å². The van der Waals surface area contributed by atoms with Crippen LogP contribution in [0.1, 0.15) is 18.1 Å². The molecule has 0 aliphatic carbocycles. The van der Waals surface area contributed by atoms with Gasteiger partial charge in [-0.2, -0.15) is 4.68 Å². The Morgan fingerprint density at radius 3 is 2.82 bits per heavy atom. The van der Waals surface area contributed by atoms with E-state index >= 15 is 0 Å². The van der Waals surface area contributed by atoms with Crippen molar-refractivity contribution in [3.63, 3.8) is 0 Å². The highest BCUT2D eigenvalue weighted by Crippen LogP contribution is 2.21. The van der Waals surface area contributed by atoms with Gasteiger partial charge in [0.15, 0.2) is 0 Å². The Labute approximate surface area is 134 Å². The van der Waals surface area contributed by atoms with Crippen LogP contribution < -0.4 is 5.32 Å². The highest BCUT2D eigenvalue weighted by Gasteiger charge is 2.21. The molecule has 1 amide bonds. The summed E-state index contributed by atoms with van der Waals surface area (Å²) in [6.45, 7) is 3.74. The minimum absolute atomic E-state index is 0.134. The fourth-order valence-corrected chi connectivity index (χ4v) is 2.37. The maximum atomic E-state index is 12.1. The topological polar surface area (TPSA) is 103 Å². The number of aromatic nitrogens is 3. The number of halogens is 1. The number of nitrogens with zero attached hydrogens (tertiary/aromatic N) is 4. The van der Waals surface area contributed by atoms with Gasteiger partial charge in [0.1, 0.15) is 6.54 Å². The van der Waals surface area contributed by atoms with Crippen molar-refractivity contribution in [2.45, 2.75) is 26.8 Å². The number of amides is 1. The summed E-state index contributed by atoms with van der Waals surface area (Å²) in [6.07, 6.45) is 0.787. The van der Waals surface area contributed by atoms with Gasteiger partial charge in [-0.3, -0.25) is 4.79 Å². The van der Waals surface area contributed by atoms with Crippen molar-refractivity contribution in [3.05, 3.63) is 44.2 Å². The van der Waals surface area contributed by atoms with Gasteiger partial charge < -0.3 is 15.4 Å². The lowest BCUT2D eigenvalue weighted by molar-refractivity contribution is -0.394. The van der Waals surface area contributed by atoms with Gasteiger partial charge in [-0.15, -0.1) is 0 Å². The van der Waals surface area contributed by atoms with E-state index in [0.717, 1.165) is 27.9 Å². The first-order valence-corrected chi connectivity index (χ1v) is 7.34. The van der Waals surface area contributed by atoms with Crippen LogP contribution in [0, 0.1) is 17.0 Å². The van der Waals surface area contributed by atoms with E-state index in [4.69, 9.17) is 0 Å². The summed E-state index contributed by atoms with van der Waals surface area (Å²) in [5.41, 5.74) is 2.74.